The van der Waals surface area contributed by atoms with E-state index in [1.54, 1.807) is 32.0 Å². The molecular formula is C14H20FN3O3. The molecule has 0 fully saturated rings. The van der Waals surface area contributed by atoms with E-state index in [0.29, 0.717) is 18.7 Å². The van der Waals surface area contributed by atoms with Gasteiger partial charge in [-0.1, -0.05) is 0 Å². The Morgan fingerprint density at radius 2 is 2.29 bits per heavy atom. The molecule has 116 valence electrons. The molecule has 7 heteroatoms. The molecule has 6 nitrogen and oxygen atoms in total. The summed E-state index contributed by atoms with van der Waals surface area (Å²) in [5.41, 5.74) is 4.99. The molecule has 2 aliphatic heterocycles. The minimum atomic E-state index is -0.560. The molecule has 0 amide bonds. The van der Waals surface area contributed by atoms with Crippen LogP contribution in [-0.4, -0.2) is 44.3 Å². The molecule has 2 heterocycles. The first kappa shape index (κ1) is 15.4. The van der Waals surface area contributed by atoms with Crippen molar-refractivity contribution in [1.82, 2.24) is 15.8 Å². The third-order valence-electron chi connectivity index (χ3n) is 3.48. The maximum Gasteiger partial charge on any atom is 0.328 e. The number of ether oxygens (including phenoxy) is 2. The highest BCUT2D eigenvalue weighted by Crippen LogP contribution is 2.30. The molecule has 1 unspecified atom stereocenters. The Morgan fingerprint density at radius 1 is 1.57 bits per heavy atom. The number of dihydropyridines is 1. The van der Waals surface area contributed by atoms with Gasteiger partial charge in [-0.25, -0.2) is 14.6 Å². The lowest BCUT2D eigenvalue weighted by atomic mass is 10.0. The largest absolute Gasteiger partial charge is 0.477 e. The minimum Gasteiger partial charge on any atom is -0.477 e. The second-order valence-electron chi connectivity index (χ2n) is 4.77. The van der Waals surface area contributed by atoms with Gasteiger partial charge in [0.2, 0.25) is 5.88 Å². The van der Waals surface area contributed by atoms with Crippen molar-refractivity contribution in [1.29, 1.82) is 0 Å². The molecule has 0 aromatic carbocycles. The van der Waals surface area contributed by atoms with Gasteiger partial charge in [0.15, 0.2) is 5.83 Å². The van der Waals surface area contributed by atoms with Crippen molar-refractivity contribution < 1.29 is 18.7 Å². The van der Waals surface area contributed by atoms with E-state index in [0.717, 1.165) is 11.3 Å². The van der Waals surface area contributed by atoms with E-state index in [1.165, 1.54) is 7.11 Å². The van der Waals surface area contributed by atoms with Crippen LogP contribution in [-0.2, 0) is 14.3 Å². The molecule has 0 aromatic heterocycles. The van der Waals surface area contributed by atoms with Crippen LogP contribution >= 0.6 is 0 Å². The van der Waals surface area contributed by atoms with E-state index >= 15 is 0 Å². The highest BCUT2D eigenvalue weighted by molar-refractivity contribution is 5.79. The molecule has 0 spiro atoms. The van der Waals surface area contributed by atoms with E-state index in [4.69, 9.17) is 9.47 Å². The summed E-state index contributed by atoms with van der Waals surface area (Å²) >= 11 is 0. The van der Waals surface area contributed by atoms with Gasteiger partial charge >= 0.3 is 5.97 Å². The summed E-state index contributed by atoms with van der Waals surface area (Å²) in [5.74, 6) is -0.628. The molecule has 0 saturated carbocycles. The number of esters is 1. The number of halogens is 1. The topological polar surface area (TPSA) is 62.8 Å². The molecule has 1 atom stereocenters. The first-order chi connectivity index (χ1) is 9.99. The molecular weight excluding hydrogens is 277 g/mol. The fraction of sp³-hybridized carbons (Fsp3) is 0.500. The van der Waals surface area contributed by atoms with Gasteiger partial charge in [-0.15, -0.1) is 0 Å². The van der Waals surface area contributed by atoms with Crippen molar-refractivity contribution in [2.75, 3.05) is 27.3 Å². The maximum atomic E-state index is 14.3. The molecule has 2 rings (SSSR count). The third kappa shape index (κ3) is 2.87. The molecule has 0 radical (unpaired) electrons. The monoisotopic (exact) mass is 297 g/mol. The predicted molar refractivity (Wildman–Crippen MR) is 75.2 cm³/mol. The normalized spacial score (nSPS) is 22.2. The fourth-order valence-electron chi connectivity index (χ4n) is 2.36. The van der Waals surface area contributed by atoms with E-state index in [1.807, 2.05) is 0 Å². The summed E-state index contributed by atoms with van der Waals surface area (Å²) in [6, 6.07) is -0.560. The number of rotatable bonds is 4. The highest BCUT2D eigenvalue weighted by atomic mass is 19.1. The second kappa shape index (κ2) is 6.17. The second-order valence-corrected chi connectivity index (χ2v) is 4.77. The Balaban J connectivity index is 2.31. The quantitative estimate of drug-likeness (QED) is 0.754. The van der Waals surface area contributed by atoms with Crippen LogP contribution in [0.4, 0.5) is 4.39 Å². The van der Waals surface area contributed by atoms with Crippen molar-refractivity contribution in [3.05, 3.63) is 34.6 Å². The van der Waals surface area contributed by atoms with Crippen LogP contribution in [0, 0.1) is 0 Å². The van der Waals surface area contributed by atoms with Gasteiger partial charge in [-0.2, -0.15) is 0 Å². The molecule has 2 aliphatic rings. The van der Waals surface area contributed by atoms with Crippen LogP contribution in [0.2, 0.25) is 0 Å². The highest BCUT2D eigenvalue weighted by Gasteiger charge is 2.31. The number of likely N-dealkylation sites (N-methyl/N-ethyl adjacent to an activating group) is 1. The lowest BCUT2D eigenvalue weighted by molar-refractivity contribution is -0.142. The third-order valence-corrected chi connectivity index (χ3v) is 3.48. The number of carbonyl (C=O) groups excluding carboxylic acids is 1. The summed E-state index contributed by atoms with van der Waals surface area (Å²) in [6.07, 6.45) is 1.73. The van der Waals surface area contributed by atoms with Gasteiger partial charge < -0.3 is 19.8 Å². The molecule has 0 saturated heterocycles. The average Bonchev–Trinajstić information content (AvgIpc) is 2.85. The summed E-state index contributed by atoms with van der Waals surface area (Å²) in [4.78, 5) is 11.6. The Kier molecular flexibility index (Phi) is 4.52. The Bertz CT molecular complexity index is 540. The summed E-state index contributed by atoms with van der Waals surface area (Å²) in [7, 11) is 3.11. The standard InChI is InChI=1S/C14H20FN3O3/c1-5-21-13-12(15)8(2)9(7-16-13)11-6-10(14(19)20-4)17-18(11)3/h6,10,16-17H,5,7H2,1-4H3. The van der Waals surface area contributed by atoms with Gasteiger partial charge in [-0.05, 0) is 25.5 Å². The van der Waals surface area contributed by atoms with Crippen LogP contribution in [0.3, 0.4) is 0 Å². The molecule has 0 aliphatic carbocycles. The van der Waals surface area contributed by atoms with Gasteiger partial charge in [0, 0.05) is 19.2 Å². The Morgan fingerprint density at radius 3 is 2.90 bits per heavy atom. The van der Waals surface area contributed by atoms with Crippen LogP contribution in [0.5, 0.6) is 0 Å². The number of hydrogen-bond donors (Lipinski definition) is 2. The maximum absolute atomic E-state index is 14.3. The smallest absolute Gasteiger partial charge is 0.328 e. The number of hydrogen-bond acceptors (Lipinski definition) is 6. The minimum absolute atomic E-state index is 0.164. The lowest BCUT2D eigenvalue weighted by Crippen LogP contribution is -2.40. The molecule has 2 N–H and O–H groups in total. The number of nitrogens with zero attached hydrogens (tertiary/aromatic N) is 1. The van der Waals surface area contributed by atoms with Crippen molar-refractivity contribution in [2.24, 2.45) is 0 Å². The van der Waals surface area contributed by atoms with Crippen molar-refractivity contribution in [2.45, 2.75) is 19.9 Å². The van der Waals surface area contributed by atoms with E-state index in [2.05, 4.69) is 10.7 Å². The van der Waals surface area contributed by atoms with E-state index in [-0.39, 0.29) is 11.9 Å². The number of methoxy groups -OCH3 is 1. The number of hydrazine groups is 1. The Hall–Kier alpha value is -2.02. The summed E-state index contributed by atoms with van der Waals surface area (Å²) in [5, 5.41) is 4.61. The zero-order valence-electron chi connectivity index (χ0n) is 12.6. The fourth-order valence-corrected chi connectivity index (χ4v) is 2.36. The van der Waals surface area contributed by atoms with Crippen molar-refractivity contribution in [3.63, 3.8) is 0 Å². The average molecular weight is 297 g/mol. The first-order valence-electron chi connectivity index (χ1n) is 6.76. The van der Waals surface area contributed by atoms with Crippen LogP contribution in [0.25, 0.3) is 0 Å². The van der Waals surface area contributed by atoms with E-state index < -0.39 is 11.9 Å². The number of allylic oxidation sites excluding steroid dienone is 2. The zero-order chi connectivity index (χ0) is 15.6. The first-order valence-corrected chi connectivity index (χ1v) is 6.76. The van der Waals surface area contributed by atoms with Crippen LogP contribution < -0.4 is 10.7 Å². The SMILES string of the molecule is CCOC1=C(F)C(C)=C(C2=CC(C(=O)OC)NN2C)CN1. The zero-order valence-corrected chi connectivity index (χ0v) is 12.6. The van der Waals surface area contributed by atoms with Crippen molar-refractivity contribution in [3.8, 4) is 0 Å². The van der Waals surface area contributed by atoms with E-state index in [9.17, 15) is 9.18 Å². The van der Waals surface area contributed by atoms with Gasteiger partial charge in [-0.3, -0.25) is 0 Å². The number of nitrogens with one attached hydrogen (secondary N) is 2. The van der Waals surface area contributed by atoms with Gasteiger partial charge in [0.1, 0.15) is 6.04 Å². The van der Waals surface area contributed by atoms with Gasteiger partial charge in [0.05, 0.1) is 19.4 Å². The molecule has 0 bridgehead atoms. The van der Waals surface area contributed by atoms with Crippen LogP contribution in [0.1, 0.15) is 13.8 Å². The lowest BCUT2D eigenvalue weighted by Gasteiger charge is -2.26. The van der Waals surface area contributed by atoms with Crippen molar-refractivity contribution >= 4 is 5.97 Å². The summed E-state index contributed by atoms with van der Waals surface area (Å²) in [6.45, 7) is 4.33. The van der Waals surface area contributed by atoms with Gasteiger partial charge in [0.25, 0.3) is 0 Å². The number of carbonyl (C=O) groups is 1. The Labute approximate surface area is 123 Å². The van der Waals surface area contributed by atoms with Crippen LogP contribution in [0.15, 0.2) is 34.6 Å². The molecule has 21 heavy (non-hydrogen) atoms. The molecule has 0 aromatic rings. The predicted octanol–water partition coefficient (Wildman–Crippen LogP) is 0.957. The summed E-state index contributed by atoms with van der Waals surface area (Å²) < 4.78 is 24.2.